The summed E-state index contributed by atoms with van der Waals surface area (Å²) in [5.41, 5.74) is 1.82. The molecule has 0 saturated heterocycles. The minimum absolute atomic E-state index is 0.110. The van der Waals surface area contributed by atoms with Gasteiger partial charge in [-0.15, -0.1) is 11.3 Å². The lowest BCUT2D eigenvalue weighted by atomic mass is 9.69. The third-order valence-electron chi connectivity index (χ3n) is 5.99. The molecule has 2 aliphatic rings. The van der Waals surface area contributed by atoms with Gasteiger partial charge in [0.05, 0.1) is 20.8 Å². The molecule has 1 N–H and O–H groups in total. The molecular formula is C24H25NO6S. The minimum Gasteiger partial charge on any atom is -0.493 e. The van der Waals surface area contributed by atoms with Gasteiger partial charge in [-0.1, -0.05) is 12.1 Å². The van der Waals surface area contributed by atoms with Crippen molar-refractivity contribution in [2.75, 3.05) is 20.8 Å². The van der Waals surface area contributed by atoms with Crippen LogP contribution < -0.4 is 14.8 Å². The van der Waals surface area contributed by atoms with Crippen LogP contribution in [0.1, 0.15) is 42.0 Å². The Bertz CT molecular complexity index is 1070. The maximum atomic E-state index is 13.8. The Kier molecular flexibility index (Phi) is 6.32. The molecule has 2 heterocycles. The molecule has 1 aromatic heterocycles. The Morgan fingerprint density at radius 3 is 2.56 bits per heavy atom. The fourth-order valence-electron chi connectivity index (χ4n) is 4.58. The first-order chi connectivity index (χ1) is 15.5. The fraction of sp³-hybridized carbons (Fsp3) is 0.375. The van der Waals surface area contributed by atoms with Gasteiger partial charge >= 0.3 is 5.97 Å². The lowest BCUT2D eigenvalue weighted by Gasteiger charge is -2.37. The minimum atomic E-state index is -0.940. The Hall–Kier alpha value is -3.13. The van der Waals surface area contributed by atoms with Gasteiger partial charge in [-0.05, 0) is 42.5 Å². The van der Waals surface area contributed by atoms with Gasteiger partial charge in [0.2, 0.25) is 5.91 Å². The lowest BCUT2D eigenvalue weighted by molar-refractivity contribution is -0.152. The van der Waals surface area contributed by atoms with Crippen molar-refractivity contribution in [3.63, 3.8) is 0 Å². The van der Waals surface area contributed by atoms with Gasteiger partial charge in [-0.2, -0.15) is 0 Å². The number of ether oxygens (including phenoxy) is 3. The molecule has 4 rings (SSSR count). The van der Waals surface area contributed by atoms with Crippen molar-refractivity contribution in [1.82, 2.24) is 5.32 Å². The number of ketones is 1. The van der Waals surface area contributed by atoms with E-state index in [1.165, 1.54) is 18.4 Å². The topological polar surface area (TPSA) is 90.9 Å². The van der Waals surface area contributed by atoms with Crippen molar-refractivity contribution in [1.29, 1.82) is 0 Å². The number of methoxy groups -OCH3 is 2. The number of rotatable bonds is 6. The number of nitrogens with one attached hydrogen (secondary N) is 1. The van der Waals surface area contributed by atoms with Crippen LogP contribution in [0.15, 0.2) is 47.0 Å². The number of Topliss-reactive ketones (excluding diaryl/α,β-unsaturated/α-hetero) is 1. The molecule has 168 valence electrons. The molecule has 8 heteroatoms. The van der Waals surface area contributed by atoms with E-state index in [1.54, 1.807) is 26.2 Å². The van der Waals surface area contributed by atoms with E-state index in [4.69, 9.17) is 14.2 Å². The van der Waals surface area contributed by atoms with Crippen LogP contribution in [0.5, 0.6) is 11.5 Å². The summed E-state index contributed by atoms with van der Waals surface area (Å²) in [6, 6.07) is 9.17. The molecule has 32 heavy (non-hydrogen) atoms. The molecular weight excluding hydrogens is 430 g/mol. The third-order valence-corrected chi connectivity index (χ3v) is 6.99. The van der Waals surface area contributed by atoms with E-state index in [0.717, 1.165) is 10.4 Å². The molecule has 1 aliphatic heterocycles. The van der Waals surface area contributed by atoms with Crippen molar-refractivity contribution in [2.45, 2.75) is 31.6 Å². The molecule has 0 fully saturated rings. The molecule has 0 saturated carbocycles. The second-order valence-electron chi connectivity index (χ2n) is 7.73. The first-order valence-corrected chi connectivity index (χ1v) is 11.4. The molecule has 1 aromatic carbocycles. The number of carbonyl (C=O) groups excluding carboxylic acids is 3. The van der Waals surface area contributed by atoms with Gasteiger partial charge in [-0.25, -0.2) is 0 Å². The van der Waals surface area contributed by atoms with Crippen LogP contribution in [0.2, 0.25) is 0 Å². The summed E-state index contributed by atoms with van der Waals surface area (Å²) in [6.07, 6.45) is 0.500. The predicted molar refractivity (Wildman–Crippen MR) is 119 cm³/mol. The molecule has 0 spiro atoms. The van der Waals surface area contributed by atoms with Crippen LogP contribution in [0.25, 0.3) is 0 Å². The van der Waals surface area contributed by atoms with E-state index in [0.29, 0.717) is 29.2 Å². The van der Waals surface area contributed by atoms with Crippen molar-refractivity contribution in [3.05, 3.63) is 57.4 Å². The summed E-state index contributed by atoms with van der Waals surface area (Å²) >= 11 is 1.49. The van der Waals surface area contributed by atoms with Gasteiger partial charge < -0.3 is 19.5 Å². The number of hydrogen-bond donors (Lipinski definition) is 1. The molecule has 0 radical (unpaired) electrons. The average molecular weight is 456 g/mol. The number of hydrogen-bond acceptors (Lipinski definition) is 7. The molecule has 3 atom stereocenters. The molecule has 0 bridgehead atoms. The molecule has 7 nitrogen and oxygen atoms in total. The van der Waals surface area contributed by atoms with Crippen molar-refractivity contribution in [2.24, 2.45) is 5.92 Å². The zero-order valence-corrected chi connectivity index (χ0v) is 19.0. The van der Waals surface area contributed by atoms with Crippen LogP contribution in [-0.4, -0.2) is 38.5 Å². The van der Waals surface area contributed by atoms with E-state index < -0.39 is 17.8 Å². The highest BCUT2D eigenvalue weighted by Crippen LogP contribution is 2.47. The predicted octanol–water partition coefficient (Wildman–Crippen LogP) is 3.56. The van der Waals surface area contributed by atoms with Crippen LogP contribution in [0.3, 0.4) is 0 Å². The third kappa shape index (κ3) is 3.90. The standard InChI is InChI=1S/C24H25NO6S/c1-4-31-24(28)22-15(19-6-5-9-32-19)11-16-21(23(22)27)14(12-20(26)25-16)13-7-8-17(29-2)18(10-13)30-3/h5-10,14-15,22H,4,11-12H2,1-3H3,(H,25,26)/t14-,15+,22+/m1/s1. The van der Waals surface area contributed by atoms with E-state index >= 15 is 0 Å². The fourth-order valence-corrected chi connectivity index (χ4v) is 5.44. The summed E-state index contributed by atoms with van der Waals surface area (Å²) < 4.78 is 16.0. The SMILES string of the molecule is CCOC(=O)[C@@H]1C(=O)C2=C(C[C@H]1c1cccs1)NC(=O)C[C@@H]2c1ccc(OC)c(OC)c1. The Labute approximate surface area is 190 Å². The lowest BCUT2D eigenvalue weighted by Crippen LogP contribution is -2.44. The highest BCUT2D eigenvalue weighted by atomic mass is 32.1. The smallest absolute Gasteiger partial charge is 0.317 e. The second kappa shape index (κ2) is 9.16. The highest BCUT2D eigenvalue weighted by Gasteiger charge is 2.48. The summed E-state index contributed by atoms with van der Waals surface area (Å²) in [4.78, 5) is 40.2. The van der Waals surface area contributed by atoms with E-state index in [2.05, 4.69) is 5.32 Å². The van der Waals surface area contributed by atoms with Crippen molar-refractivity contribution < 1.29 is 28.6 Å². The van der Waals surface area contributed by atoms with Crippen LogP contribution in [0, 0.1) is 5.92 Å². The monoisotopic (exact) mass is 455 g/mol. The van der Waals surface area contributed by atoms with E-state index in [1.807, 2.05) is 23.6 Å². The average Bonchev–Trinajstić information content (AvgIpc) is 3.32. The molecule has 0 unspecified atom stereocenters. The summed E-state index contributed by atoms with van der Waals surface area (Å²) in [7, 11) is 3.08. The molecule has 1 aliphatic carbocycles. The quantitative estimate of drug-likeness (QED) is 0.529. The van der Waals surface area contributed by atoms with E-state index in [9.17, 15) is 14.4 Å². The van der Waals surface area contributed by atoms with Gasteiger partial charge in [-0.3, -0.25) is 14.4 Å². The number of allylic oxidation sites excluding steroid dienone is 2. The summed E-state index contributed by atoms with van der Waals surface area (Å²) in [6.45, 7) is 1.92. The Morgan fingerprint density at radius 1 is 1.12 bits per heavy atom. The Balaban J connectivity index is 1.81. The van der Waals surface area contributed by atoms with Crippen LogP contribution in [-0.2, 0) is 19.1 Å². The number of esters is 1. The number of carbonyl (C=O) groups is 3. The van der Waals surface area contributed by atoms with Crippen molar-refractivity contribution >= 4 is 29.0 Å². The number of amides is 1. The first-order valence-electron chi connectivity index (χ1n) is 10.5. The van der Waals surface area contributed by atoms with Gasteiger partial charge in [0.1, 0.15) is 5.92 Å². The Morgan fingerprint density at radius 2 is 1.91 bits per heavy atom. The largest absolute Gasteiger partial charge is 0.493 e. The normalized spacial score (nSPS) is 22.8. The number of benzene rings is 1. The summed E-state index contributed by atoms with van der Waals surface area (Å²) in [5, 5.41) is 4.81. The maximum Gasteiger partial charge on any atom is 0.317 e. The van der Waals surface area contributed by atoms with Crippen molar-refractivity contribution in [3.8, 4) is 11.5 Å². The number of thiophene rings is 1. The first kappa shape index (κ1) is 22.1. The summed E-state index contributed by atoms with van der Waals surface area (Å²) in [5.74, 6) is -1.69. The van der Waals surface area contributed by atoms with Gasteiger partial charge in [0, 0.05) is 34.4 Å². The second-order valence-corrected chi connectivity index (χ2v) is 8.71. The zero-order valence-electron chi connectivity index (χ0n) is 18.2. The van der Waals surface area contributed by atoms with E-state index in [-0.39, 0.29) is 30.6 Å². The van der Waals surface area contributed by atoms with Crippen LogP contribution in [0.4, 0.5) is 0 Å². The van der Waals surface area contributed by atoms with Gasteiger partial charge in [0.15, 0.2) is 17.3 Å². The maximum absolute atomic E-state index is 13.8. The zero-order chi connectivity index (χ0) is 22.8. The highest BCUT2D eigenvalue weighted by molar-refractivity contribution is 7.10. The van der Waals surface area contributed by atoms with Crippen LogP contribution >= 0.6 is 11.3 Å². The molecule has 2 aromatic rings. The van der Waals surface area contributed by atoms with Gasteiger partial charge in [0.25, 0.3) is 0 Å². The molecule has 1 amide bonds.